The van der Waals surface area contributed by atoms with Crippen LogP contribution in [0.25, 0.3) is 0 Å². The standard InChI is InChI=1S/C20H18Cl3F6N3O2/c1-11(30-31-17(33)5-6-19(24,25)26)16(23)4-2-3-15-10-18(34-32-15,20(27,28)29)12-7-13(21)9-14(22)8-12/h2,4,7-9,30H,3,5-6,10H2,1H3,(H,31,33)/b4-2-,16-11-. The van der Waals surface area contributed by atoms with Crippen molar-refractivity contribution >= 4 is 46.4 Å². The lowest BCUT2D eigenvalue weighted by Crippen LogP contribution is -2.42. The first-order valence-corrected chi connectivity index (χ1v) is 10.7. The number of halogens is 9. The van der Waals surface area contributed by atoms with Crippen molar-refractivity contribution in [3.63, 3.8) is 0 Å². The Hall–Kier alpha value is -2.11. The number of benzene rings is 1. The summed E-state index contributed by atoms with van der Waals surface area (Å²) < 4.78 is 78.2. The number of allylic oxidation sites excluding steroid dienone is 4. The Kier molecular flexibility index (Phi) is 9.17. The molecule has 1 aromatic rings. The van der Waals surface area contributed by atoms with Crippen LogP contribution in [0.1, 0.15) is 38.2 Å². The van der Waals surface area contributed by atoms with E-state index in [-0.39, 0.29) is 38.5 Å². The Labute approximate surface area is 205 Å². The third-order valence-electron chi connectivity index (χ3n) is 4.57. The van der Waals surface area contributed by atoms with Crippen molar-refractivity contribution in [1.29, 1.82) is 0 Å². The average Bonchev–Trinajstić information content (AvgIpc) is 3.15. The first kappa shape index (κ1) is 28.1. The minimum Gasteiger partial charge on any atom is -0.374 e. The predicted octanol–water partition coefficient (Wildman–Crippen LogP) is 6.91. The molecule has 0 fully saturated rings. The molecule has 1 unspecified atom stereocenters. The highest BCUT2D eigenvalue weighted by Crippen LogP contribution is 2.49. The number of alkyl halides is 6. The van der Waals surface area contributed by atoms with Gasteiger partial charge in [-0.2, -0.15) is 26.3 Å². The van der Waals surface area contributed by atoms with Crippen molar-refractivity contribution in [3.05, 3.63) is 56.7 Å². The summed E-state index contributed by atoms with van der Waals surface area (Å²) >= 11 is 17.7. The molecule has 0 saturated carbocycles. The van der Waals surface area contributed by atoms with Crippen LogP contribution in [0.15, 0.2) is 46.2 Å². The van der Waals surface area contributed by atoms with Crippen LogP contribution in [-0.4, -0.2) is 24.0 Å². The lowest BCUT2D eigenvalue weighted by atomic mass is 9.87. The SMILES string of the molecule is C/C(NNC(=O)CCC(F)(F)F)=C(Cl)\C=C/CC1=NOC(c2cc(Cl)cc(Cl)c2)(C(F)(F)F)C1. The normalized spacial score (nSPS) is 19.5. The summed E-state index contributed by atoms with van der Waals surface area (Å²) in [4.78, 5) is 16.3. The van der Waals surface area contributed by atoms with Crippen LogP contribution in [0, 0.1) is 0 Å². The number of hydrogen-bond donors (Lipinski definition) is 2. The number of carbonyl (C=O) groups is 1. The van der Waals surface area contributed by atoms with E-state index in [1.165, 1.54) is 25.1 Å². The van der Waals surface area contributed by atoms with Gasteiger partial charge in [0.05, 0.1) is 17.2 Å². The van der Waals surface area contributed by atoms with Gasteiger partial charge in [-0.3, -0.25) is 10.2 Å². The first-order valence-electron chi connectivity index (χ1n) is 9.55. The van der Waals surface area contributed by atoms with E-state index in [0.29, 0.717) is 0 Å². The van der Waals surface area contributed by atoms with Gasteiger partial charge in [0, 0.05) is 40.6 Å². The van der Waals surface area contributed by atoms with Gasteiger partial charge < -0.3 is 10.3 Å². The minimum atomic E-state index is -4.82. The van der Waals surface area contributed by atoms with E-state index in [4.69, 9.17) is 39.6 Å². The maximum absolute atomic E-state index is 13.9. The fraction of sp³-hybridized carbons (Fsp3) is 0.400. The van der Waals surface area contributed by atoms with Crippen molar-refractivity contribution in [1.82, 2.24) is 10.9 Å². The Bertz CT molecular complexity index is 988. The van der Waals surface area contributed by atoms with Crippen molar-refractivity contribution in [3.8, 4) is 0 Å². The molecule has 2 N–H and O–H groups in total. The number of hydrazine groups is 1. The molecule has 1 aliphatic heterocycles. The second-order valence-electron chi connectivity index (χ2n) is 7.28. The van der Waals surface area contributed by atoms with Crippen LogP contribution in [0.3, 0.4) is 0 Å². The molecule has 14 heteroatoms. The average molecular weight is 553 g/mol. The lowest BCUT2D eigenvalue weighted by Gasteiger charge is -2.29. The van der Waals surface area contributed by atoms with Crippen molar-refractivity contribution in [2.24, 2.45) is 5.16 Å². The zero-order chi connectivity index (χ0) is 25.7. The first-order chi connectivity index (χ1) is 15.6. The largest absolute Gasteiger partial charge is 0.435 e. The summed E-state index contributed by atoms with van der Waals surface area (Å²) in [6.07, 6.45) is -9.23. The number of hydrogen-bond acceptors (Lipinski definition) is 4. The van der Waals surface area contributed by atoms with E-state index in [1.54, 1.807) is 0 Å². The maximum atomic E-state index is 13.9. The molecule has 1 heterocycles. The van der Waals surface area contributed by atoms with Crippen molar-refractivity contribution in [2.75, 3.05) is 0 Å². The van der Waals surface area contributed by atoms with Gasteiger partial charge in [-0.15, -0.1) is 0 Å². The van der Waals surface area contributed by atoms with Gasteiger partial charge in [-0.05, 0) is 31.2 Å². The monoisotopic (exact) mass is 551 g/mol. The fourth-order valence-corrected chi connectivity index (χ4v) is 3.49. The second kappa shape index (κ2) is 11.1. The van der Waals surface area contributed by atoms with Crippen molar-refractivity contribution in [2.45, 2.75) is 50.6 Å². The molecule has 1 aromatic carbocycles. The molecule has 2 rings (SSSR count). The quantitative estimate of drug-likeness (QED) is 0.209. The van der Waals surface area contributed by atoms with Gasteiger partial charge in [-0.25, -0.2) is 0 Å². The van der Waals surface area contributed by atoms with Gasteiger partial charge >= 0.3 is 12.4 Å². The number of oxime groups is 1. The zero-order valence-electron chi connectivity index (χ0n) is 17.4. The highest BCUT2D eigenvalue weighted by molar-refractivity contribution is 6.34. The molecule has 0 saturated heterocycles. The van der Waals surface area contributed by atoms with Crippen molar-refractivity contribution < 1.29 is 36.0 Å². The third kappa shape index (κ3) is 7.71. The van der Waals surface area contributed by atoms with Gasteiger partial charge in [0.1, 0.15) is 0 Å². The van der Waals surface area contributed by atoms with Gasteiger partial charge in [-0.1, -0.05) is 46.0 Å². The summed E-state index contributed by atoms with van der Waals surface area (Å²) in [5.41, 5.74) is 1.65. The molecule has 0 radical (unpaired) electrons. The zero-order valence-corrected chi connectivity index (χ0v) is 19.6. The Balaban J connectivity index is 2.00. The van der Waals surface area contributed by atoms with Gasteiger partial charge in [0.15, 0.2) is 0 Å². The molecule has 5 nitrogen and oxygen atoms in total. The Morgan fingerprint density at radius 3 is 2.32 bits per heavy atom. The van der Waals surface area contributed by atoms with Crippen LogP contribution < -0.4 is 10.9 Å². The fourth-order valence-electron chi connectivity index (χ4n) is 2.83. The number of rotatable bonds is 8. The Morgan fingerprint density at radius 1 is 1.15 bits per heavy atom. The predicted molar refractivity (Wildman–Crippen MR) is 116 cm³/mol. The van der Waals surface area contributed by atoms with E-state index in [9.17, 15) is 31.1 Å². The van der Waals surface area contributed by atoms with Gasteiger partial charge in [0.2, 0.25) is 5.91 Å². The molecule has 34 heavy (non-hydrogen) atoms. The van der Waals surface area contributed by atoms with E-state index in [2.05, 4.69) is 16.0 Å². The lowest BCUT2D eigenvalue weighted by molar-refractivity contribution is -0.275. The molecular weight excluding hydrogens is 535 g/mol. The topological polar surface area (TPSA) is 62.7 Å². The Morgan fingerprint density at radius 2 is 1.76 bits per heavy atom. The number of amides is 1. The van der Waals surface area contributed by atoms with Crippen LogP contribution in [0.2, 0.25) is 10.0 Å². The molecular formula is C20H18Cl3F6N3O2. The highest BCUT2D eigenvalue weighted by Gasteiger charge is 2.62. The third-order valence-corrected chi connectivity index (χ3v) is 5.42. The number of nitrogens with zero attached hydrogens (tertiary/aromatic N) is 1. The number of nitrogens with one attached hydrogen (secondary N) is 2. The molecule has 0 aromatic heterocycles. The van der Waals surface area contributed by atoms with E-state index in [0.717, 1.165) is 12.1 Å². The van der Waals surface area contributed by atoms with E-state index < -0.39 is 43.1 Å². The molecule has 1 aliphatic rings. The van der Waals surface area contributed by atoms with Crippen LogP contribution in [0.4, 0.5) is 26.3 Å². The molecule has 1 amide bonds. The minimum absolute atomic E-state index is 0.00784. The van der Waals surface area contributed by atoms with Crippen LogP contribution >= 0.6 is 34.8 Å². The summed E-state index contributed by atoms with van der Waals surface area (Å²) in [7, 11) is 0. The molecule has 188 valence electrons. The summed E-state index contributed by atoms with van der Waals surface area (Å²) in [5, 5.41) is 3.64. The summed E-state index contributed by atoms with van der Waals surface area (Å²) in [6, 6.07) is 3.50. The molecule has 0 bridgehead atoms. The number of carbonyl (C=O) groups excluding carboxylic acids is 1. The maximum Gasteiger partial charge on any atom is 0.435 e. The van der Waals surface area contributed by atoms with Crippen LogP contribution in [0.5, 0.6) is 0 Å². The highest BCUT2D eigenvalue weighted by atomic mass is 35.5. The van der Waals surface area contributed by atoms with E-state index >= 15 is 0 Å². The van der Waals surface area contributed by atoms with Crippen LogP contribution in [-0.2, 0) is 15.2 Å². The smallest absolute Gasteiger partial charge is 0.374 e. The summed E-state index contributed by atoms with van der Waals surface area (Å²) in [6.45, 7) is 1.43. The molecule has 0 aliphatic carbocycles. The summed E-state index contributed by atoms with van der Waals surface area (Å²) in [5.74, 6) is -0.896. The van der Waals surface area contributed by atoms with E-state index in [1.807, 2.05) is 0 Å². The molecule has 1 atom stereocenters. The van der Waals surface area contributed by atoms with Gasteiger partial charge in [0.25, 0.3) is 5.60 Å². The second-order valence-corrected chi connectivity index (χ2v) is 8.56. The molecule has 0 spiro atoms.